The molecule has 124 valence electrons. The van der Waals surface area contributed by atoms with E-state index in [1.807, 2.05) is 0 Å². The molecule has 0 unspecified atom stereocenters. The van der Waals surface area contributed by atoms with Crippen molar-refractivity contribution >= 4 is 0 Å². The van der Waals surface area contributed by atoms with Gasteiger partial charge in [-0.15, -0.1) is 0 Å². The van der Waals surface area contributed by atoms with Crippen LogP contribution in [0.5, 0.6) is 0 Å². The van der Waals surface area contributed by atoms with Gasteiger partial charge in [-0.3, -0.25) is 0 Å². The molecule has 2 nitrogen and oxygen atoms in total. The molecular weight excluding hydrogens is 256 g/mol. The molecule has 0 bridgehead atoms. The van der Waals surface area contributed by atoms with Gasteiger partial charge in [-0.25, -0.2) is 0 Å². The number of hydrogen-bond donors (Lipinski definition) is 0. The van der Waals surface area contributed by atoms with Crippen LogP contribution in [0.3, 0.4) is 0 Å². The highest BCUT2D eigenvalue weighted by Crippen LogP contribution is 2.34. The van der Waals surface area contributed by atoms with Gasteiger partial charge in [0.05, 0.1) is 0 Å². The third-order valence-corrected chi connectivity index (χ3v) is 6.05. The van der Waals surface area contributed by atoms with Crippen molar-refractivity contribution < 1.29 is 0 Å². The topological polar surface area (TPSA) is 6.48 Å². The summed E-state index contributed by atoms with van der Waals surface area (Å²) >= 11 is 0. The molecule has 2 aliphatic rings. The molecule has 0 aliphatic carbocycles. The van der Waals surface area contributed by atoms with Crippen LogP contribution in [0.25, 0.3) is 0 Å². The minimum Gasteiger partial charge on any atom is -0.303 e. The Hall–Kier alpha value is -0.0800. The number of hydrogen-bond acceptors (Lipinski definition) is 2. The highest BCUT2D eigenvalue weighted by Gasteiger charge is 2.29. The average molecular weight is 295 g/mol. The SMILES string of the molecule is CC(C)N1CCC(CCN2CCC(C(C)(C)C)CC2)CC1. The Labute approximate surface area is 133 Å². The minimum atomic E-state index is 0.510. The van der Waals surface area contributed by atoms with Gasteiger partial charge >= 0.3 is 0 Å². The molecule has 2 aliphatic heterocycles. The van der Waals surface area contributed by atoms with Gasteiger partial charge in [0.25, 0.3) is 0 Å². The van der Waals surface area contributed by atoms with E-state index in [1.54, 1.807) is 0 Å². The maximum absolute atomic E-state index is 2.73. The Morgan fingerprint density at radius 1 is 0.905 bits per heavy atom. The molecule has 0 N–H and O–H groups in total. The smallest absolute Gasteiger partial charge is 0.00385 e. The van der Waals surface area contributed by atoms with Crippen LogP contribution in [0.4, 0.5) is 0 Å². The van der Waals surface area contributed by atoms with E-state index in [-0.39, 0.29) is 0 Å². The van der Waals surface area contributed by atoms with Crippen LogP contribution < -0.4 is 0 Å². The van der Waals surface area contributed by atoms with Crippen molar-refractivity contribution in [1.29, 1.82) is 0 Å². The van der Waals surface area contributed by atoms with Crippen molar-refractivity contribution in [2.75, 3.05) is 32.7 Å². The second-order valence-corrected chi connectivity index (χ2v) is 8.84. The number of piperidine rings is 2. The Balaban J connectivity index is 1.62. The van der Waals surface area contributed by atoms with Gasteiger partial charge in [0.1, 0.15) is 0 Å². The summed E-state index contributed by atoms with van der Waals surface area (Å²) < 4.78 is 0. The molecule has 0 spiro atoms. The molecule has 0 aromatic heterocycles. The standard InChI is InChI=1S/C19H38N2/c1-16(2)21-14-7-17(8-15-21)6-11-20-12-9-18(10-13-20)19(3,4)5/h16-18H,6-15H2,1-5H3. The van der Waals surface area contributed by atoms with Crippen LogP contribution in [0.15, 0.2) is 0 Å². The third kappa shape index (κ3) is 5.25. The summed E-state index contributed by atoms with van der Waals surface area (Å²) in [7, 11) is 0. The van der Waals surface area contributed by atoms with E-state index in [9.17, 15) is 0 Å². The third-order valence-electron chi connectivity index (χ3n) is 6.05. The lowest BCUT2D eigenvalue weighted by Gasteiger charge is -2.40. The van der Waals surface area contributed by atoms with Crippen molar-refractivity contribution in [3.8, 4) is 0 Å². The van der Waals surface area contributed by atoms with E-state index >= 15 is 0 Å². The van der Waals surface area contributed by atoms with Gasteiger partial charge in [0.15, 0.2) is 0 Å². The van der Waals surface area contributed by atoms with Gasteiger partial charge in [-0.05, 0) is 95.9 Å². The lowest BCUT2D eigenvalue weighted by Crippen LogP contribution is -2.41. The van der Waals surface area contributed by atoms with Crippen molar-refractivity contribution in [2.24, 2.45) is 17.3 Å². The number of likely N-dealkylation sites (tertiary alicyclic amines) is 2. The van der Waals surface area contributed by atoms with Gasteiger partial charge in [0, 0.05) is 6.04 Å². The van der Waals surface area contributed by atoms with E-state index in [0.29, 0.717) is 5.41 Å². The van der Waals surface area contributed by atoms with Crippen molar-refractivity contribution in [3.63, 3.8) is 0 Å². The van der Waals surface area contributed by atoms with E-state index in [1.165, 1.54) is 64.8 Å². The van der Waals surface area contributed by atoms with Gasteiger partial charge < -0.3 is 9.80 Å². The molecule has 0 aromatic rings. The number of rotatable bonds is 4. The molecule has 2 rings (SSSR count). The molecule has 21 heavy (non-hydrogen) atoms. The normalized spacial score (nSPS) is 24.9. The predicted octanol–water partition coefficient (Wildman–Crippen LogP) is 4.26. The van der Waals surface area contributed by atoms with Crippen molar-refractivity contribution in [3.05, 3.63) is 0 Å². The minimum absolute atomic E-state index is 0.510. The Kier molecular flexibility index (Phi) is 6.14. The van der Waals surface area contributed by atoms with Crippen LogP contribution in [0.1, 0.15) is 66.7 Å². The molecule has 2 fully saturated rings. The van der Waals surface area contributed by atoms with Gasteiger partial charge in [-0.2, -0.15) is 0 Å². The first-order valence-corrected chi connectivity index (χ1v) is 9.32. The zero-order chi connectivity index (χ0) is 15.5. The summed E-state index contributed by atoms with van der Waals surface area (Å²) in [5.41, 5.74) is 0.510. The van der Waals surface area contributed by atoms with Crippen LogP contribution >= 0.6 is 0 Å². The molecule has 2 heteroatoms. The number of nitrogens with zero attached hydrogens (tertiary/aromatic N) is 2. The van der Waals surface area contributed by atoms with E-state index in [4.69, 9.17) is 0 Å². The average Bonchev–Trinajstić information content (AvgIpc) is 2.45. The van der Waals surface area contributed by atoms with E-state index in [2.05, 4.69) is 44.4 Å². The monoisotopic (exact) mass is 294 g/mol. The second-order valence-electron chi connectivity index (χ2n) is 8.84. The molecule has 0 amide bonds. The van der Waals surface area contributed by atoms with Gasteiger partial charge in [0.2, 0.25) is 0 Å². The molecular formula is C19H38N2. The molecule has 0 saturated carbocycles. The Morgan fingerprint density at radius 2 is 1.48 bits per heavy atom. The van der Waals surface area contributed by atoms with Crippen LogP contribution in [-0.4, -0.2) is 48.6 Å². The summed E-state index contributed by atoms with van der Waals surface area (Å²) in [6.45, 7) is 18.6. The quantitative estimate of drug-likeness (QED) is 0.764. The van der Waals surface area contributed by atoms with E-state index in [0.717, 1.165) is 17.9 Å². The predicted molar refractivity (Wildman–Crippen MR) is 92.7 cm³/mol. The second kappa shape index (κ2) is 7.46. The molecule has 0 atom stereocenters. The Morgan fingerprint density at radius 3 is 1.95 bits per heavy atom. The van der Waals surface area contributed by atoms with Crippen LogP contribution in [0, 0.1) is 17.3 Å². The summed E-state index contributed by atoms with van der Waals surface area (Å²) in [4.78, 5) is 5.38. The zero-order valence-corrected chi connectivity index (χ0v) is 15.2. The first-order valence-electron chi connectivity index (χ1n) is 9.32. The maximum Gasteiger partial charge on any atom is 0.00385 e. The first kappa shape index (κ1) is 17.3. The van der Waals surface area contributed by atoms with Gasteiger partial charge in [-0.1, -0.05) is 20.8 Å². The molecule has 2 heterocycles. The summed E-state index contributed by atoms with van der Waals surface area (Å²) in [5.74, 6) is 1.92. The molecule has 0 radical (unpaired) electrons. The first-order chi connectivity index (χ1) is 9.86. The summed E-state index contributed by atoms with van der Waals surface area (Å²) in [6, 6.07) is 0.738. The lowest BCUT2D eigenvalue weighted by molar-refractivity contribution is 0.0977. The highest BCUT2D eigenvalue weighted by atomic mass is 15.2. The summed E-state index contributed by atoms with van der Waals surface area (Å²) in [6.07, 6.45) is 7.12. The van der Waals surface area contributed by atoms with Crippen molar-refractivity contribution in [1.82, 2.24) is 9.80 Å². The highest BCUT2D eigenvalue weighted by molar-refractivity contribution is 4.81. The maximum atomic E-state index is 2.73. The summed E-state index contributed by atoms with van der Waals surface area (Å²) in [5, 5.41) is 0. The fraction of sp³-hybridized carbons (Fsp3) is 1.00. The molecule has 2 saturated heterocycles. The zero-order valence-electron chi connectivity index (χ0n) is 15.2. The van der Waals surface area contributed by atoms with E-state index < -0.39 is 0 Å². The van der Waals surface area contributed by atoms with Crippen LogP contribution in [0.2, 0.25) is 0 Å². The fourth-order valence-electron chi connectivity index (χ4n) is 4.15. The largest absolute Gasteiger partial charge is 0.303 e. The molecule has 0 aromatic carbocycles. The Bertz CT molecular complexity index is 289. The fourth-order valence-corrected chi connectivity index (χ4v) is 4.15. The van der Waals surface area contributed by atoms with Crippen LogP contribution in [-0.2, 0) is 0 Å². The van der Waals surface area contributed by atoms with Crippen molar-refractivity contribution in [2.45, 2.75) is 72.8 Å². The lowest BCUT2D eigenvalue weighted by atomic mass is 9.75.